The number of carboxylic acids is 1. The van der Waals surface area contributed by atoms with E-state index in [9.17, 15) is 4.79 Å². The number of hydrogen-bond donors (Lipinski definition) is 1. The van der Waals surface area contributed by atoms with Crippen molar-refractivity contribution in [2.75, 3.05) is 0 Å². The zero-order valence-corrected chi connectivity index (χ0v) is 11.2. The summed E-state index contributed by atoms with van der Waals surface area (Å²) in [5.74, 6) is -0.682. The van der Waals surface area contributed by atoms with Crippen LogP contribution in [0.2, 0.25) is 0 Å². The fourth-order valence-electron chi connectivity index (χ4n) is 1.92. The predicted molar refractivity (Wildman–Crippen MR) is 68.5 cm³/mol. The first-order chi connectivity index (χ1) is 7.43. The van der Waals surface area contributed by atoms with E-state index in [1.807, 2.05) is 0 Å². The predicted octanol–water partition coefficient (Wildman–Crippen LogP) is 4.40. The Morgan fingerprint density at radius 1 is 1.38 bits per heavy atom. The van der Waals surface area contributed by atoms with Gasteiger partial charge in [0.1, 0.15) is 0 Å². The molecule has 2 heteroatoms. The molecule has 0 amide bonds. The zero-order chi connectivity index (χ0) is 12.6. The second-order valence-corrected chi connectivity index (χ2v) is 5.07. The molecule has 94 valence electrons. The van der Waals surface area contributed by atoms with Gasteiger partial charge in [-0.2, -0.15) is 0 Å². The molecule has 0 bridgehead atoms. The van der Waals surface area contributed by atoms with Gasteiger partial charge in [0.05, 0.1) is 6.42 Å². The highest BCUT2D eigenvalue weighted by Gasteiger charge is 2.24. The lowest BCUT2D eigenvalue weighted by molar-refractivity contribution is -0.139. The maximum absolute atomic E-state index is 10.8. The molecule has 0 aromatic rings. The molecule has 0 saturated carbocycles. The lowest BCUT2D eigenvalue weighted by atomic mass is 9.79. The largest absolute Gasteiger partial charge is 0.481 e. The fraction of sp³-hybridized carbons (Fsp3) is 0.786. The first-order valence-corrected chi connectivity index (χ1v) is 6.31. The minimum Gasteiger partial charge on any atom is -0.481 e. The van der Waals surface area contributed by atoms with E-state index in [-0.39, 0.29) is 11.8 Å². The van der Waals surface area contributed by atoms with Gasteiger partial charge in [-0.3, -0.25) is 4.79 Å². The van der Waals surface area contributed by atoms with E-state index in [1.165, 1.54) is 12.0 Å². The second-order valence-electron chi connectivity index (χ2n) is 5.07. The van der Waals surface area contributed by atoms with Crippen LogP contribution in [-0.2, 0) is 4.79 Å². The lowest BCUT2D eigenvalue weighted by Gasteiger charge is -2.25. The molecule has 0 aliphatic carbocycles. The Hall–Kier alpha value is -0.790. The Labute approximate surface area is 99.7 Å². The van der Waals surface area contributed by atoms with Crippen LogP contribution < -0.4 is 0 Å². The Kier molecular flexibility index (Phi) is 7.11. The van der Waals surface area contributed by atoms with Crippen LogP contribution in [0, 0.1) is 5.41 Å². The van der Waals surface area contributed by atoms with Crippen LogP contribution in [0.25, 0.3) is 0 Å². The molecule has 0 aliphatic rings. The van der Waals surface area contributed by atoms with Crippen LogP contribution in [0.1, 0.15) is 66.2 Å². The van der Waals surface area contributed by atoms with Crippen LogP contribution in [0.4, 0.5) is 0 Å². The molecule has 0 aromatic heterocycles. The maximum atomic E-state index is 10.8. The van der Waals surface area contributed by atoms with Crippen molar-refractivity contribution in [3.05, 3.63) is 11.6 Å². The molecular formula is C14H26O2. The third-order valence-corrected chi connectivity index (χ3v) is 3.32. The summed E-state index contributed by atoms with van der Waals surface area (Å²) < 4.78 is 0. The molecule has 2 nitrogen and oxygen atoms in total. The van der Waals surface area contributed by atoms with Gasteiger partial charge in [-0.05, 0) is 31.6 Å². The highest BCUT2D eigenvalue weighted by Crippen LogP contribution is 2.31. The maximum Gasteiger partial charge on any atom is 0.303 e. The summed E-state index contributed by atoms with van der Waals surface area (Å²) in [5, 5.41) is 8.86. The molecule has 0 radical (unpaired) electrons. The van der Waals surface area contributed by atoms with E-state index in [2.05, 4.69) is 33.8 Å². The van der Waals surface area contributed by atoms with Crippen molar-refractivity contribution in [3.8, 4) is 0 Å². The molecule has 1 N–H and O–H groups in total. The molecule has 1 unspecified atom stereocenters. The molecule has 0 aromatic carbocycles. The summed E-state index contributed by atoms with van der Waals surface area (Å²) >= 11 is 0. The van der Waals surface area contributed by atoms with Crippen LogP contribution in [0.3, 0.4) is 0 Å². The van der Waals surface area contributed by atoms with Gasteiger partial charge in [0, 0.05) is 0 Å². The molecule has 16 heavy (non-hydrogen) atoms. The third-order valence-electron chi connectivity index (χ3n) is 3.32. The monoisotopic (exact) mass is 226 g/mol. The molecule has 0 heterocycles. The van der Waals surface area contributed by atoms with Crippen molar-refractivity contribution in [1.29, 1.82) is 0 Å². The Morgan fingerprint density at radius 3 is 2.44 bits per heavy atom. The summed E-state index contributed by atoms with van der Waals surface area (Å²) in [7, 11) is 0. The van der Waals surface area contributed by atoms with Crippen molar-refractivity contribution in [3.63, 3.8) is 0 Å². The Bertz CT molecular complexity index is 243. The van der Waals surface area contributed by atoms with Gasteiger partial charge in [0.25, 0.3) is 0 Å². The second kappa shape index (κ2) is 7.48. The summed E-state index contributed by atoms with van der Waals surface area (Å²) in [6.45, 7) is 8.48. The normalized spacial score (nSPS) is 15.9. The van der Waals surface area contributed by atoms with Crippen LogP contribution >= 0.6 is 0 Å². The third kappa shape index (κ3) is 6.65. The summed E-state index contributed by atoms with van der Waals surface area (Å²) in [4.78, 5) is 10.8. The molecule has 0 saturated heterocycles. The molecule has 0 spiro atoms. The van der Waals surface area contributed by atoms with Crippen molar-refractivity contribution in [2.24, 2.45) is 5.41 Å². The number of carbonyl (C=O) groups is 1. The van der Waals surface area contributed by atoms with Crippen LogP contribution in [0.15, 0.2) is 11.6 Å². The first-order valence-electron chi connectivity index (χ1n) is 6.31. The average molecular weight is 226 g/mol. The summed E-state index contributed by atoms with van der Waals surface area (Å²) in [6.07, 6.45) is 7.79. The smallest absolute Gasteiger partial charge is 0.303 e. The van der Waals surface area contributed by atoms with E-state index in [0.717, 1.165) is 25.7 Å². The van der Waals surface area contributed by atoms with Gasteiger partial charge in [0.2, 0.25) is 0 Å². The van der Waals surface area contributed by atoms with Crippen molar-refractivity contribution < 1.29 is 9.90 Å². The minimum atomic E-state index is -0.682. The van der Waals surface area contributed by atoms with Gasteiger partial charge in [-0.15, -0.1) is 0 Å². The fourth-order valence-corrected chi connectivity index (χ4v) is 1.92. The summed E-state index contributed by atoms with van der Waals surface area (Å²) in [5.41, 5.74) is 1.38. The number of carboxylic acid groups (broad SMARTS) is 1. The Morgan fingerprint density at radius 2 is 2.00 bits per heavy atom. The topological polar surface area (TPSA) is 37.3 Å². The van der Waals surface area contributed by atoms with Gasteiger partial charge in [-0.1, -0.05) is 45.3 Å². The van der Waals surface area contributed by atoms with Gasteiger partial charge < -0.3 is 5.11 Å². The first kappa shape index (κ1) is 15.2. The van der Waals surface area contributed by atoms with Crippen LogP contribution in [0.5, 0.6) is 0 Å². The zero-order valence-electron chi connectivity index (χ0n) is 11.2. The number of allylic oxidation sites excluding steroid dienone is 2. The Balaban J connectivity index is 4.13. The van der Waals surface area contributed by atoms with Crippen molar-refractivity contribution in [1.82, 2.24) is 0 Å². The quantitative estimate of drug-likeness (QED) is 0.623. The van der Waals surface area contributed by atoms with E-state index < -0.39 is 5.97 Å². The van der Waals surface area contributed by atoms with Gasteiger partial charge >= 0.3 is 5.97 Å². The minimum absolute atomic E-state index is 0.0468. The summed E-state index contributed by atoms with van der Waals surface area (Å²) in [6, 6.07) is 0. The van der Waals surface area contributed by atoms with E-state index in [1.54, 1.807) is 0 Å². The van der Waals surface area contributed by atoms with Crippen molar-refractivity contribution in [2.45, 2.75) is 66.2 Å². The number of hydrogen-bond acceptors (Lipinski definition) is 1. The van der Waals surface area contributed by atoms with E-state index >= 15 is 0 Å². The van der Waals surface area contributed by atoms with Crippen molar-refractivity contribution >= 4 is 5.97 Å². The highest BCUT2D eigenvalue weighted by atomic mass is 16.4. The lowest BCUT2D eigenvalue weighted by Crippen LogP contribution is -2.19. The molecule has 0 rings (SSSR count). The highest BCUT2D eigenvalue weighted by molar-refractivity contribution is 5.67. The molecular weight excluding hydrogens is 200 g/mol. The SMILES string of the molecule is CCCC(C)=CCCC(C)(CC)CC(=O)O. The standard InChI is InChI=1S/C14H26O2/c1-5-8-12(3)9-7-10-14(4,6-2)11-13(15)16/h9H,5-8,10-11H2,1-4H3,(H,15,16). The van der Waals surface area contributed by atoms with Gasteiger partial charge in [0.15, 0.2) is 0 Å². The van der Waals surface area contributed by atoms with Gasteiger partial charge in [-0.25, -0.2) is 0 Å². The molecule has 1 atom stereocenters. The average Bonchev–Trinajstić information content (AvgIpc) is 2.17. The number of aliphatic carboxylic acids is 1. The molecule has 0 aliphatic heterocycles. The van der Waals surface area contributed by atoms with E-state index in [4.69, 9.17) is 5.11 Å². The number of rotatable bonds is 8. The van der Waals surface area contributed by atoms with E-state index in [0.29, 0.717) is 0 Å². The molecule has 0 fully saturated rings. The van der Waals surface area contributed by atoms with Crippen LogP contribution in [-0.4, -0.2) is 11.1 Å².